The maximum atomic E-state index is 11.3. The van der Waals surface area contributed by atoms with Crippen LogP contribution in [0, 0.1) is 5.92 Å². The van der Waals surface area contributed by atoms with E-state index in [4.69, 9.17) is 0 Å². The van der Waals surface area contributed by atoms with E-state index in [0.717, 1.165) is 0 Å². The highest BCUT2D eigenvalue weighted by molar-refractivity contribution is 5.85. The van der Waals surface area contributed by atoms with Gasteiger partial charge < -0.3 is 10.1 Å². The number of ketones is 1. The van der Waals surface area contributed by atoms with E-state index in [2.05, 4.69) is 10.1 Å². The molecule has 4 nitrogen and oxygen atoms in total. The normalized spacial score (nSPS) is 11.3. The van der Waals surface area contributed by atoms with Gasteiger partial charge in [0.25, 0.3) is 6.47 Å². The average Bonchev–Trinajstić information content (AvgIpc) is 2.19. The average molecular weight is 203 g/mol. The minimum atomic E-state index is -0.646. The molecule has 1 N–H and O–H groups in total. The van der Waals surface area contributed by atoms with Crippen molar-refractivity contribution in [3.8, 4) is 0 Å². The minimum absolute atomic E-state index is 0.0588. The predicted octanol–water partition coefficient (Wildman–Crippen LogP) is 0.999. The lowest BCUT2D eigenvalue weighted by Crippen LogP contribution is -2.36. The van der Waals surface area contributed by atoms with Gasteiger partial charge in [0.1, 0.15) is 0 Å². The first-order valence-corrected chi connectivity index (χ1v) is 4.91. The quantitative estimate of drug-likeness (QED) is 0.654. The Balaban J connectivity index is 0. The first kappa shape index (κ1) is 15.6. The molecular formula is C10H21NO3. The Morgan fingerprint density at radius 3 is 2.21 bits per heavy atom. The van der Waals surface area contributed by atoms with Crippen molar-refractivity contribution < 1.29 is 14.3 Å². The van der Waals surface area contributed by atoms with Crippen LogP contribution in [0.15, 0.2) is 0 Å². The Bertz CT molecular complexity index is 157. The van der Waals surface area contributed by atoms with Gasteiger partial charge in [0.2, 0.25) is 0 Å². The second-order valence-corrected chi connectivity index (χ2v) is 2.84. The van der Waals surface area contributed by atoms with Crippen molar-refractivity contribution >= 4 is 12.3 Å². The number of hydrogen-bond donors (Lipinski definition) is 1. The SMILES string of the molecule is CC.CNCC(OC=O)C(=O)C(C)C. The van der Waals surface area contributed by atoms with Crippen LogP contribution in [0.4, 0.5) is 0 Å². The molecule has 0 saturated heterocycles. The van der Waals surface area contributed by atoms with E-state index in [1.165, 1.54) is 0 Å². The van der Waals surface area contributed by atoms with E-state index in [9.17, 15) is 9.59 Å². The number of hydrogen-bond acceptors (Lipinski definition) is 4. The number of ether oxygens (including phenoxy) is 1. The van der Waals surface area contributed by atoms with Crippen LogP contribution in [-0.4, -0.2) is 32.0 Å². The van der Waals surface area contributed by atoms with E-state index in [1.54, 1.807) is 20.9 Å². The van der Waals surface area contributed by atoms with Crippen LogP contribution in [-0.2, 0) is 14.3 Å². The van der Waals surface area contributed by atoms with Gasteiger partial charge in [0.15, 0.2) is 11.9 Å². The number of Topliss-reactive ketones (excluding diaryl/α,β-unsaturated/α-hetero) is 1. The highest BCUT2D eigenvalue weighted by Crippen LogP contribution is 2.01. The van der Waals surface area contributed by atoms with Crippen molar-refractivity contribution in [2.24, 2.45) is 5.92 Å². The Hall–Kier alpha value is -0.900. The standard InChI is InChI=1S/C8H15NO3.C2H6/c1-6(2)8(11)7(4-9-3)12-5-10;1-2/h5-7,9H,4H2,1-3H3;1-2H3. The van der Waals surface area contributed by atoms with Gasteiger partial charge in [-0.15, -0.1) is 0 Å². The van der Waals surface area contributed by atoms with Crippen LogP contribution in [0.5, 0.6) is 0 Å². The molecule has 0 saturated carbocycles. The van der Waals surface area contributed by atoms with Gasteiger partial charge in [0, 0.05) is 12.5 Å². The molecule has 0 aliphatic heterocycles. The molecule has 1 unspecified atom stereocenters. The summed E-state index contributed by atoms with van der Waals surface area (Å²) < 4.78 is 4.61. The van der Waals surface area contributed by atoms with E-state index in [-0.39, 0.29) is 11.7 Å². The van der Waals surface area contributed by atoms with Crippen LogP contribution in [0.3, 0.4) is 0 Å². The van der Waals surface area contributed by atoms with Gasteiger partial charge in [-0.1, -0.05) is 27.7 Å². The van der Waals surface area contributed by atoms with E-state index < -0.39 is 6.10 Å². The van der Waals surface area contributed by atoms with Gasteiger partial charge in [-0.2, -0.15) is 0 Å². The van der Waals surface area contributed by atoms with Crippen molar-refractivity contribution in [1.82, 2.24) is 5.32 Å². The minimum Gasteiger partial charge on any atom is -0.455 e. The highest BCUT2D eigenvalue weighted by Gasteiger charge is 2.21. The van der Waals surface area contributed by atoms with Crippen LogP contribution in [0.1, 0.15) is 27.7 Å². The van der Waals surface area contributed by atoms with Crippen LogP contribution in [0.25, 0.3) is 0 Å². The summed E-state index contributed by atoms with van der Waals surface area (Å²) >= 11 is 0. The van der Waals surface area contributed by atoms with Crippen LogP contribution < -0.4 is 5.32 Å². The molecule has 0 radical (unpaired) electrons. The molecule has 1 atom stereocenters. The fourth-order valence-electron chi connectivity index (χ4n) is 0.840. The summed E-state index contributed by atoms with van der Waals surface area (Å²) in [7, 11) is 1.70. The maximum absolute atomic E-state index is 11.3. The monoisotopic (exact) mass is 203 g/mol. The van der Waals surface area contributed by atoms with Crippen LogP contribution >= 0.6 is 0 Å². The lowest BCUT2D eigenvalue weighted by molar-refractivity contribution is -0.145. The fourth-order valence-corrected chi connectivity index (χ4v) is 0.840. The first-order chi connectivity index (χ1) is 6.63. The molecule has 0 fully saturated rings. The predicted molar refractivity (Wildman–Crippen MR) is 56.1 cm³/mol. The van der Waals surface area contributed by atoms with E-state index in [0.29, 0.717) is 13.0 Å². The van der Waals surface area contributed by atoms with Crippen molar-refractivity contribution in [2.45, 2.75) is 33.8 Å². The third-order valence-electron chi connectivity index (χ3n) is 1.50. The van der Waals surface area contributed by atoms with E-state index in [1.807, 2.05) is 13.8 Å². The Morgan fingerprint density at radius 1 is 1.43 bits per heavy atom. The van der Waals surface area contributed by atoms with Gasteiger partial charge in [-0.25, -0.2) is 0 Å². The molecule has 0 aromatic rings. The molecule has 0 aliphatic rings. The van der Waals surface area contributed by atoms with Crippen molar-refractivity contribution in [3.05, 3.63) is 0 Å². The first-order valence-electron chi connectivity index (χ1n) is 4.91. The third-order valence-corrected chi connectivity index (χ3v) is 1.50. The zero-order chi connectivity index (χ0) is 11.6. The fraction of sp³-hybridized carbons (Fsp3) is 0.800. The summed E-state index contributed by atoms with van der Waals surface area (Å²) in [5.41, 5.74) is 0. The second-order valence-electron chi connectivity index (χ2n) is 2.84. The topological polar surface area (TPSA) is 55.4 Å². The zero-order valence-electron chi connectivity index (χ0n) is 9.66. The van der Waals surface area contributed by atoms with Gasteiger partial charge in [-0.05, 0) is 7.05 Å². The molecule has 4 heteroatoms. The molecule has 84 valence electrons. The lowest BCUT2D eigenvalue weighted by Gasteiger charge is -2.15. The highest BCUT2D eigenvalue weighted by atomic mass is 16.5. The molecule has 0 aromatic carbocycles. The number of likely N-dealkylation sites (N-methyl/N-ethyl adjacent to an activating group) is 1. The summed E-state index contributed by atoms with van der Waals surface area (Å²) in [6.07, 6.45) is -0.646. The molecule has 0 bridgehead atoms. The number of carbonyl (C=O) groups is 2. The molecule has 14 heavy (non-hydrogen) atoms. The summed E-state index contributed by atoms with van der Waals surface area (Å²) in [6.45, 7) is 8.23. The molecule has 0 aromatic heterocycles. The van der Waals surface area contributed by atoms with Gasteiger partial charge in [0.05, 0.1) is 0 Å². The van der Waals surface area contributed by atoms with Crippen molar-refractivity contribution in [3.63, 3.8) is 0 Å². The number of rotatable bonds is 6. The second kappa shape index (κ2) is 10.2. The molecule has 0 amide bonds. The van der Waals surface area contributed by atoms with Gasteiger partial charge >= 0.3 is 0 Å². The molecule has 0 spiro atoms. The summed E-state index contributed by atoms with van der Waals surface area (Å²) in [4.78, 5) is 21.3. The number of nitrogens with one attached hydrogen (secondary N) is 1. The Labute approximate surface area is 86.0 Å². The third kappa shape index (κ3) is 6.60. The summed E-state index contributed by atoms with van der Waals surface area (Å²) in [5.74, 6) is -0.167. The van der Waals surface area contributed by atoms with Crippen molar-refractivity contribution in [2.75, 3.05) is 13.6 Å². The Morgan fingerprint density at radius 2 is 1.93 bits per heavy atom. The Kier molecular flexibility index (Phi) is 11.3. The molecule has 0 aliphatic carbocycles. The van der Waals surface area contributed by atoms with Gasteiger partial charge in [-0.3, -0.25) is 9.59 Å². The van der Waals surface area contributed by atoms with E-state index >= 15 is 0 Å². The maximum Gasteiger partial charge on any atom is 0.293 e. The van der Waals surface area contributed by atoms with Crippen molar-refractivity contribution in [1.29, 1.82) is 0 Å². The number of carbonyl (C=O) groups excluding carboxylic acids is 2. The molecule has 0 rings (SSSR count). The smallest absolute Gasteiger partial charge is 0.293 e. The zero-order valence-corrected chi connectivity index (χ0v) is 9.66. The molecular weight excluding hydrogens is 182 g/mol. The molecule has 0 heterocycles. The van der Waals surface area contributed by atoms with Crippen LogP contribution in [0.2, 0.25) is 0 Å². The largest absolute Gasteiger partial charge is 0.455 e. The lowest BCUT2D eigenvalue weighted by atomic mass is 10.0. The summed E-state index contributed by atoms with van der Waals surface area (Å²) in [5, 5.41) is 2.78. The summed E-state index contributed by atoms with van der Waals surface area (Å²) in [6, 6.07) is 0.